The van der Waals surface area contributed by atoms with Gasteiger partial charge < -0.3 is 10.2 Å². The molecule has 150 valence electrons. The molecule has 0 bridgehead atoms. The molecule has 10 heteroatoms. The van der Waals surface area contributed by atoms with E-state index in [4.69, 9.17) is 11.6 Å². The Morgan fingerprint density at radius 1 is 1.24 bits per heavy atom. The van der Waals surface area contributed by atoms with E-state index in [0.717, 1.165) is 5.82 Å². The SMILES string of the molecule is Cc1nnnn1-c1ccc(F)c(NC(=O)C2CCN(c3ccc(Cl)cn3)CC2)c1. The number of rotatable bonds is 4. The van der Waals surface area contributed by atoms with Gasteiger partial charge in [-0.25, -0.2) is 9.37 Å². The summed E-state index contributed by atoms with van der Waals surface area (Å²) in [4.78, 5) is 19.1. The standard InChI is InChI=1S/C19H19ClFN7O/c1-12-24-25-26-28(12)15-3-4-16(21)17(10-15)23-19(29)13-6-8-27(9-7-13)18-5-2-14(20)11-22-18/h2-5,10-11,13H,6-9H2,1H3,(H,23,29). The van der Waals surface area contributed by atoms with Crippen LogP contribution in [0.15, 0.2) is 36.5 Å². The lowest BCUT2D eigenvalue weighted by Crippen LogP contribution is -2.38. The highest BCUT2D eigenvalue weighted by atomic mass is 35.5. The summed E-state index contributed by atoms with van der Waals surface area (Å²) in [6.45, 7) is 3.13. The lowest BCUT2D eigenvalue weighted by Gasteiger charge is -2.32. The quantitative estimate of drug-likeness (QED) is 0.704. The molecule has 8 nitrogen and oxygen atoms in total. The van der Waals surface area contributed by atoms with Gasteiger partial charge in [-0.3, -0.25) is 4.79 Å². The van der Waals surface area contributed by atoms with Crippen LogP contribution < -0.4 is 10.2 Å². The van der Waals surface area contributed by atoms with Crippen LogP contribution in [-0.4, -0.2) is 44.2 Å². The minimum Gasteiger partial charge on any atom is -0.357 e. The largest absolute Gasteiger partial charge is 0.357 e. The van der Waals surface area contributed by atoms with Gasteiger partial charge in [-0.2, -0.15) is 4.68 Å². The molecule has 3 heterocycles. The molecule has 0 atom stereocenters. The molecule has 1 aliphatic rings. The van der Waals surface area contributed by atoms with Gasteiger partial charge >= 0.3 is 0 Å². The Morgan fingerprint density at radius 3 is 2.69 bits per heavy atom. The maximum absolute atomic E-state index is 14.3. The Hall–Kier alpha value is -3.07. The first-order chi connectivity index (χ1) is 14.0. The molecule has 1 aliphatic heterocycles. The topological polar surface area (TPSA) is 88.8 Å². The van der Waals surface area contributed by atoms with Crippen LogP contribution in [0.4, 0.5) is 15.9 Å². The van der Waals surface area contributed by atoms with Crippen LogP contribution in [0.3, 0.4) is 0 Å². The third-order valence-electron chi connectivity index (χ3n) is 4.98. The Morgan fingerprint density at radius 2 is 2.03 bits per heavy atom. The number of benzene rings is 1. The molecular weight excluding hydrogens is 397 g/mol. The smallest absolute Gasteiger partial charge is 0.227 e. The van der Waals surface area contributed by atoms with Crippen molar-refractivity contribution >= 4 is 29.0 Å². The molecule has 0 aliphatic carbocycles. The number of halogens is 2. The Balaban J connectivity index is 1.41. The molecule has 1 saturated heterocycles. The number of aromatic nitrogens is 5. The number of hydrogen-bond acceptors (Lipinski definition) is 6. The predicted octanol–water partition coefficient (Wildman–Crippen LogP) is 3.01. The highest BCUT2D eigenvalue weighted by Crippen LogP contribution is 2.25. The first-order valence-electron chi connectivity index (χ1n) is 9.23. The van der Waals surface area contributed by atoms with Crippen LogP contribution in [-0.2, 0) is 4.79 Å². The van der Waals surface area contributed by atoms with Crippen molar-refractivity contribution in [1.82, 2.24) is 25.2 Å². The normalized spacial score (nSPS) is 14.8. The summed E-state index contributed by atoms with van der Waals surface area (Å²) in [5.74, 6) is 0.506. The lowest BCUT2D eigenvalue weighted by atomic mass is 9.95. The highest BCUT2D eigenvalue weighted by Gasteiger charge is 2.26. The van der Waals surface area contributed by atoms with Crippen LogP contribution in [0.2, 0.25) is 5.02 Å². The number of aryl methyl sites for hydroxylation is 1. The van der Waals surface area contributed by atoms with Crippen molar-refractivity contribution in [3.8, 4) is 5.69 Å². The molecule has 2 aromatic heterocycles. The second-order valence-corrected chi connectivity index (χ2v) is 7.32. The zero-order chi connectivity index (χ0) is 20.4. The number of hydrogen-bond donors (Lipinski definition) is 1. The van der Waals surface area contributed by atoms with Crippen molar-refractivity contribution in [3.63, 3.8) is 0 Å². The number of carbonyl (C=O) groups excluding carboxylic acids is 1. The summed E-state index contributed by atoms with van der Waals surface area (Å²) in [5.41, 5.74) is 0.692. The van der Waals surface area contributed by atoms with E-state index in [-0.39, 0.29) is 17.5 Å². The van der Waals surface area contributed by atoms with Gasteiger partial charge in [0.05, 0.1) is 16.4 Å². The Labute approximate surface area is 171 Å². The molecule has 1 N–H and O–H groups in total. The minimum atomic E-state index is -0.504. The third-order valence-corrected chi connectivity index (χ3v) is 5.20. The van der Waals surface area contributed by atoms with E-state index >= 15 is 0 Å². The number of amides is 1. The number of tetrazole rings is 1. The fourth-order valence-corrected chi connectivity index (χ4v) is 3.48. The summed E-state index contributed by atoms with van der Waals surface area (Å²) in [7, 11) is 0. The van der Waals surface area contributed by atoms with E-state index < -0.39 is 5.82 Å². The van der Waals surface area contributed by atoms with Crippen LogP contribution >= 0.6 is 11.6 Å². The summed E-state index contributed by atoms with van der Waals surface area (Å²) in [5, 5.41) is 14.6. The number of anilines is 2. The van der Waals surface area contributed by atoms with Gasteiger partial charge in [0, 0.05) is 25.2 Å². The van der Waals surface area contributed by atoms with Crippen molar-refractivity contribution in [2.45, 2.75) is 19.8 Å². The predicted molar refractivity (Wildman–Crippen MR) is 107 cm³/mol. The van der Waals surface area contributed by atoms with Crippen LogP contribution in [0.25, 0.3) is 5.69 Å². The minimum absolute atomic E-state index is 0.115. The summed E-state index contributed by atoms with van der Waals surface area (Å²) < 4.78 is 15.7. The Kier molecular flexibility index (Phi) is 5.39. The average molecular weight is 416 g/mol. The molecule has 4 rings (SSSR count). The maximum Gasteiger partial charge on any atom is 0.227 e. The second kappa shape index (κ2) is 8.12. The number of pyridine rings is 1. The zero-order valence-corrected chi connectivity index (χ0v) is 16.5. The van der Waals surface area contributed by atoms with E-state index in [1.807, 2.05) is 6.07 Å². The second-order valence-electron chi connectivity index (χ2n) is 6.89. The summed E-state index contributed by atoms with van der Waals surface area (Å²) in [6, 6.07) is 8.05. The van der Waals surface area contributed by atoms with Crippen molar-refractivity contribution in [3.05, 3.63) is 53.2 Å². The highest BCUT2D eigenvalue weighted by molar-refractivity contribution is 6.30. The Bertz CT molecular complexity index is 1020. The first kappa shape index (κ1) is 19.3. The third kappa shape index (κ3) is 4.19. The average Bonchev–Trinajstić information content (AvgIpc) is 3.16. The molecule has 1 amide bonds. The molecular formula is C19H19ClFN7O. The lowest BCUT2D eigenvalue weighted by molar-refractivity contribution is -0.120. The van der Waals surface area contributed by atoms with Gasteiger partial charge in [0.15, 0.2) is 5.82 Å². The van der Waals surface area contributed by atoms with Gasteiger partial charge in [-0.15, -0.1) is 5.10 Å². The molecule has 0 saturated carbocycles. The van der Waals surface area contributed by atoms with E-state index in [1.165, 1.54) is 16.8 Å². The van der Waals surface area contributed by atoms with Gasteiger partial charge in [0.2, 0.25) is 5.91 Å². The molecule has 29 heavy (non-hydrogen) atoms. The molecule has 1 fully saturated rings. The van der Waals surface area contributed by atoms with E-state index in [2.05, 4.69) is 30.7 Å². The van der Waals surface area contributed by atoms with E-state index in [0.29, 0.717) is 42.5 Å². The van der Waals surface area contributed by atoms with Gasteiger partial charge in [-0.05, 0) is 60.5 Å². The molecule has 0 spiro atoms. The summed E-state index contributed by atoms with van der Waals surface area (Å²) >= 11 is 5.88. The van der Waals surface area contributed by atoms with E-state index in [1.54, 1.807) is 25.3 Å². The van der Waals surface area contributed by atoms with Crippen LogP contribution in [0.5, 0.6) is 0 Å². The molecule has 0 unspecified atom stereocenters. The van der Waals surface area contributed by atoms with Gasteiger partial charge in [0.1, 0.15) is 11.6 Å². The fraction of sp³-hybridized carbons (Fsp3) is 0.316. The summed E-state index contributed by atoms with van der Waals surface area (Å²) in [6.07, 6.45) is 2.92. The van der Waals surface area contributed by atoms with Gasteiger partial charge in [-0.1, -0.05) is 11.6 Å². The first-order valence-corrected chi connectivity index (χ1v) is 9.61. The van der Waals surface area contributed by atoms with Crippen molar-refractivity contribution < 1.29 is 9.18 Å². The maximum atomic E-state index is 14.3. The van der Waals surface area contributed by atoms with E-state index in [9.17, 15) is 9.18 Å². The number of carbonyl (C=O) groups is 1. The van der Waals surface area contributed by atoms with Gasteiger partial charge in [0.25, 0.3) is 0 Å². The monoisotopic (exact) mass is 415 g/mol. The van der Waals surface area contributed by atoms with Crippen LogP contribution in [0.1, 0.15) is 18.7 Å². The number of piperidine rings is 1. The van der Waals surface area contributed by atoms with Crippen molar-refractivity contribution in [2.24, 2.45) is 5.92 Å². The van der Waals surface area contributed by atoms with Crippen molar-refractivity contribution in [1.29, 1.82) is 0 Å². The van der Waals surface area contributed by atoms with Crippen LogP contribution in [0, 0.1) is 18.7 Å². The molecule has 0 radical (unpaired) electrons. The molecule has 1 aromatic carbocycles. The number of nitrogens with zero attached hydrogens (tertiary/aromatic N) is 6. The fourth-order valence-electron chi connectivity index (χ4n) is 3.37. The number of nitrogens with one attached hydrogen (secondary N) is 1. The zero-order valence-electron chi connectivity index (χ0n) is 15.7. The van der Waals surface area contributed by atoms with Crippen molar-refractivity contribution in [2.75, 3.05) is 23.3 Å². The molecule has 3 aromatic rings.